The van der Waals surface area contributed by atoms with Crippen molar-refractivity contribution in [3.63, 3.8) is 0 Å². The molecule has 1 rings (SSSR count). The van der Waals surface area contributed by atoms with Crippen LogP contribution in [0.4, 0.5) is 0 Å². The zero-order chi connectivity index (χ0) is 16.0. The van der Waals surface area contributed by atoms with Gasteiger partial charge in [-0.2, -0.15) is 4.31 Å². The smallest absolute Gasteiger partial charge is 0.243 e. The molecule has 0 aliphatic heterocycles. The lowest BCUT2D eigenvalue weighted by Crippen LogP contribution is -2.36. The Hall–Kier alpha value is -1.64. The van der Waals surface area contributed by atoms with Gasteiger partial charge in [0.2, 0.25) is 21.8 Å². The van der Waals surface area contributed by atoms with Crippen LogP contribution in [-0.2, 0) is 19.6 Å². The first kappa shape index (κ1) is 17.4. The number of benzene rings is 1. The first-order chi connectivity index (χ1) is 9.73. The number of nitrogens with two attached hydrogens (primary N) is 2. The fraction of sp³-hybridized carbons (Fsp3) is 0.333. The fourth-order valence-corrected chi connectivity index (χ4v) is 3.15. The van der Waals surface area contributed by atoms with E-state index in [2.05, 4.69) is 0 Å². The van der Waals surface area contributed by atoms with Gasteiger partial charge in [0.25, 0.3) is 0 Å². The van der Waals surface area contributed by atoms with Crippen LogP contribution >= 0.6 is 11.6 Å². The molecule has 0 bridgehead atoms. The summed E-state index contributed by atoms with van der Waals surface area (Å²) in [5, 5.41) is 0.398. The Balaban J connectivity index is 3.00. The van der Waals surface area contributed by atoms with E-state index in [1.807, 2.05) is 0 Å². The van der Waals surface area contributed by atoms with Gasteiger partial charge in [0, 0.05) is 31.0 Å². The normalized spacial score (nSPS) is 11.5. The molecule has 0 heterocycles. The summed E-state index contributed by atoms with van der Waals surface area (Å²) in [4.78, 5) is 21.7. The van der Waals surface area contributed by atoms with E-state index in [-0.39, 0.29) is 30.8 Å². The number of carbonyl (C=O) groups is 2. The first-order valence-electron chi connectivity index (χ1n) is 6.06. The molecule has 0 fully saturated rings. The molecule has 9 heteroatoms. The van der Waals surface area contributed by atoms with Crippen molar-refractivity contribution in [1.82, 2.24) is 4.31 Å². The Morgan fingerprint density at radius 1 is 1.00 bits per heavy atom. The lowest BCUT2D eigenvalue weighted by Gasteiger charge is -2.21. The highest BCUT2D eigenvalue weighted by atomic mass is 35.5. The summed E-state index contributed by atoms with van der Waals surface area (Å²) in [6.45, 7) is -0.235. The zero-order valence-corrected chi connectivity index (χ0v) is 12.7. The van der Waals surface area contributed by atoms with Crippen LogP contribution in [0.25, 0.3) is 0 Å². The van der Waals surface area contributed by atoms with E-state index < -0.39 is 21.8 Å². The third kappa shape index (κ3) is 5.33. The van der Waals surface area contributed by atoms with Gasteiger partial charge in [0.05, 0.1) is 4.90 Å². The van der Waals surface area contributed by atoms with Crippen molar-refractivity contribution in [2.45, 2.75) is 17.7 Å². The standard InChI is InChI=1S/C12H16ClN3O4S/c13-9-1-3-10(4-2-9)21(19,20)16(7-5-11(14)17)8-6-12(15)18/h1-4H,5-8H2,(H2,14,17)(H2,15,18). The molecule has 0 spiro atoms. The van der Waals surface area contributed by atoms with Crippen molar-refractivity contribution in [2.24, 2.45) is 11.5 Å². The molecule has 0 aliphatic rings. The number of amides is 2. The summed E-state index contributed by atoms with van der Waals surface area (Å²) in [6.07, 6.45) is -0.294. The Morgan fingerprint density at radius 2 is 1.43 bits per heavy atom. The second kappa shape index (κ2) is 7.39. The van der Waals surface area contributed by atoms with E-state index >= 15 is 0 Å². The highest BCUT2D eigenvalue weighted by Gasteiger charge is 2.24. The molecular formula is C12H16ClN3O4S. The van der Waals surface area contributed by atoms with Crippen molar-refractivity contribution in [3.8, 4) is 0 Å². The minimum atomic E-state index is -3.85. The van der Waals surface area contributed by atoms with Gasteiger partial charge < -0.3 is 11.5 Å². The summed E-state index contributed by atoms with van der Waals surface area (Å²) in [7, 11) is -3.85. The topological polar surface area (TPSA) is 124 Å². The molecule has 1 aromatic carbocycles. The Morgan fingerprint density at radius 3 is 1.81 bits per heavy atom. The van der Waals surface area contributed by atoms with Crippen LogP contribution in [0.15, 0.2) is 29.2 Å². The molecule has 0 aromatic heterocycles. The molecule has 7 nitrogen and oxygen atoms in total. The number of halogens is 1. The Labute approximate surface area is 127 Å². The number of nitrogens with zero attached hydrogens (tertiary/aromatic N) is 1. The number of sulfonamides is 1. The minimum absolute atomic E-state index is 0.0147. The monoisotopic (exact) mass is 333 g/mol. The molecule has 0 unspecified atom stereocenters. The lowest BCUT2D eigenvalue weighted by molar-refractivity contribution is -0.118. The second-order valence-corrected chi connectivity index (χ2v) is 6.67. The van der Waals surface area contributed by atoms with Crippen molar-refractivity contribution >= 4 is 33.4 Å². The number of primary amides is 2. The molecule has 0 radical (unpaired) electrons. The molecule has 1 aromatic rings. The first-order valence-corrected chi connectivity index (χ1v) is 7.87. The molecule has 21 heavy (non-hydrogen) atoms. The third-order valence-electron chi connectivity index (χ3n) is 2.67. The van der Waals surface area contributed by atoms with Crippen molar-refractivity contribution in [3.05, 3.63) is 29.3 Å². The molecular weight excluding hydrogens is 318 g/mol. The number of rotatable bonds is 8. The molecule has 0 aliphatic carbocycles. The van der Waals surface area contributed by atoms with Crippen LogP contribution in [0.1, 0.15) is 12.8 Å². The van der Waals surface area contributed by atoms with Crippen molar-refractivity contribution < 1.29 is 18.0 Å². The van der Waals surface area contributed by atoms with E-state index in [1.165, 1.54) is 24.3 Å². The number of hydrogen-bond donors (Lipinski definition) is 2. The lowest BCUT2D eigenvalue weighted by atomic mass is 10.3. The maximum atomic E-state index is 12.4. The van der Waals surface area contributed by atoms with Gasteiger partial charge in [-0.05, 0) is 24.3 Å². The van der Waals surface area contributed by atoms with E-state index in [1.54, 1.807) is 0 Å². The van der Waals surface area contributed by atoms with Crippen molar-refractivity contribution in [2.75, 3.05) is 13.1 Å². The number of hydrogen-bond acceptors (Lipinski definition) is 4. The summed E-state index contributed by atoms with van der Waals surface area (Å²) in [5.74, 6) is -1.27. The SMILES string of the molecule is NC(=O)CCN(CCC(N)=O)S(=O)(=O)c1ccc(Cl)cc1. The van der Waals surface area contributed by atoms with Gasteiger partial charge in [0.1, 0.15) is 0 Å². The maximum Gasteiger partial charge on any atom is 0.243 e. The fourth-order valence-electron chi connectivity index (χ4n) is 1.58. The van der Waals surface area contributed by atoms with Gasteiger partial charge >= 0.3 is 0 Å². The largest absolute Gasteiger partial charge is 0.370 e. The Bertz CT molecular complexity index is 598. The van der Waals surface area contributed by atoms with Gasteiger partial charge in [0.15, 0.2) is 0 Å². The van der Waals surface area contributed by atoms with Crippen LogP contribution in [0, 0.1) is 0 Å². The second-order valence-electron chi connectivity index (χ2n) is 4.29. The summed E-state index contributed by atoms with van der Waals surface area (Å²) < 4.78 is 25.9. The summed E-state index contributed by atoms with van der Waals surface area (Å²) >= 11 is 5.72. The van der Waals surface area contributed by atoms with Crippen LogP contribution in [0.2, 0.25) is 5.02 Å². The quantitative estimate of drug-likeness (QED) is 0.699. The third-order valence-corrected chi connectivity index (χ3v) is 4.83. The van der Waals surface area contributed by atoms with Gasteiger partial charge in [-0.25, -0.2) is 8.42 Å². The Kier molecular flexibility index (Phi) is 6.13. The average Bonchev–Trinajstić information content (AvgIpc) is 2.38. The van der Waals surface area contributed by atoms with Crippen LogP contribution < -0.4 is 11.5 Å². The molecule has 2 amide bonds. The predicted octanol–water partition coefficient (Wildman–Crippen LogP) is 0.0815. The van der Waals surface area contributed by atoms with Crippen LogP contribution in [-0.4, -0.2) is 37.6 Å². The van der Waals surface area contributed by atoms with Gasteiger partial charge in [-0.3, -0.25) is 9.59 Å². The van der Waals surface area contributed by atoms with E-state index in [0.717, 1.165) is 4.31 Å². The molecule has 0 saturated heterocycles. The van der Waals surface area contributed by atoms with E-state index in [4.69, 9.17) is 23.1 Å². The van der Waals surface area contributed by atoms with E-state index in [0.29, 0.717) is 5.02 Å². The highest BCUT2D eigenvalue weighted by Crippen LogP contribution is 2.19. The predicted molar refractivity (Wildman–Crippen MR) is 77.8 cm³/mol. The molecule has 4 N–H and O–H groups in total. The zero-order valence-electron chi connectivity index (χ0n) is 11.2. The molecule has 0 atom stereocenters. The number of carbonyl (C=O) groups excluding carboxylic acids is 2. The summed E-state index contributed by atoms with van der Waals surface area (Å²) in [6, 6.07) is 5.57. The highest BCUT2D eigenvalue weighted by molar-refractivity contribution is 7.89. The van der Waals surface area contributed by atoms with E-state index in [9.17, 15) is 18.0 Å². The van der Waals surface area contributed by atoms with Gasteiger partial charge in [-0.15, -0.1) is 0 Å². The minimum Gasteiger partial charge on any atom is -0.370 e. The molecule has 0 saturated carbocycles. The molecule has 116 valence electrons. The van der Waals surface area contributed by atoms with Gasteiger partial charge in [-0.1, -0.05) is 11.6 Å². The van der Waals surface area contributed by atoms with Crippen molar-refractivity contribution in [1.29, 1.82) is 0 Å². The van der Waals surface area contributed by atoms with Crippen LogP contribution in [0.5, 0.6) is 0 Å². The average molecular weight is 334 g/mol. The summed E-state index contributed by atoms with van der Waals surface area (Å²) in [5.41, 5.74) is 10.1. The van der Waals surface area contributed by atoms with Crippen LogP contribution in [0.3, 0.4) is 0 Å². The maximum absolute atomic E-state index is 12.4.